The zero-order valence-electron chi connectivity index (χ0n) is 13.0. The molecule has 0 aromatic rings. The summed E-state index contributed by atoms with van der Waals surface area (Å²) in [6, 6.07) is -0.249. The smallest absolute Gasteiger partial charge is 0.310 e. The number of hydrogen-bond donors (Lipinski definition) is 1. The van der Waals surface area contributed by atoms with Gasteiger partial charge in [-0.15, -0.1) is 0 Å². The summed E-state index contributed by atoms with van der Waals surface area (Å²) in [6.07, 6.45) is 2.17. The van der Waals surface area contributed by atoms with Crippen LogP contribution in [-0.4, -0.2) is 72.2 Å². The molecule has 1 amide bonds. The van der Waals surface area contributed by atoms with Crippen LogP contribution in [0.15, 0.2) is 0 Å². The minimum absolute atomic E-state index is 0.0935. The summed E-state index contributed by atoms with van der Waals surface area (Å²) >= 11 is 0. The van der Waals surface area contributed by atoms with Crippen molar-refractivity contribution in [3.05, 3.63) is 0 Å². The van der Waals surface area contributed by atoms with Gasteiger partial charge in [0.1, 0.15) is 0 Å². The Morgan fingerprint density at radius 1 is 1.29 bits per heavy atom. The van der Waals surface area contributed by atoms with Crippen molar-refractivity contribution in [3.8, 4) is 0 Å². The Labute approximate surface area is 126 Å². The Hall–Kier alpha value is -1.14. The van der Waals surface area contributed by atoms with Crippen molar-refractivity contribution < 1.29 is 19.4 Å². The van der Waals surface area contributed by atoms with Crippen LogP contribution < -0.4 is 0 Å². The van der Waals surface area contributed by atoms with Crippen molar-refractivity contribution in [1.29, 1.82) is 0 Å². The number of carbonyl (C=O) groups is 2. The van der Waals surface area contributed by atoms with Crippen LogP contribution in [-0.2, 0) is 14.3 Å². The van der Waals surface area contributed by atoms with Gasteiger partial charge in [-0.2, -0.15) is 0 Å². The Bertz CT molecular complexity index is 395. The predicted octanol–water partition coefficient (Wildman–Crippen LogP) is 0.811. The van der Waals surface area contributed by atoms with Gasteiger partial charge in [0, 0.05) is 26.2 Å². The highest BCUT2D eigenvalue weighted by atomic mass is 16.5. The van der Waals surface area contributed by atoms with E-state index in [-0.39, 0.29) is 11.9 Å². The number of likely N-dealkylation sites (tertiary alicyclic amines) is 1. The van der Waals surface area contributed by atoms with Crippen molar-refractivity contribution in [2.24, 2.45) is 5.41 Å². The molecule has 6 nitrogen and oxygen atoms in total. The molecule has 120 valence electrons. The van der Waals surface area contributed by atoms with E-state index in [9.17, 15) is 14.7 Å². The minimum Gasteiger partial charge on any atom is -0.481 e. The van der Waals surface area contributed by atoms with Gasteiger partial charge in [-0.05, 0) is 19.8 Å². The van der Waals surface area contributed by atoms with E-state index in [0.717, 1.165) is 6.42 Å². The molecule has 2 heterocycles. The van der Waals surface area contributed by atoms with E-state index in [2.05, 4.69) is 0 Å². The first-order chi connectivity index (χ1) is 10.00. The number of nitrogens with zero attached hydrogens (tertiary/aromatic N) is 2. The standard InChI is InChI=1S/C15H26N2O4/c1-3-4-15(14(19)20)5-6-17(11-15)12(2)13(18)16-7-9-21-10-8-16/h12H,3-11H2,1-2H3,(H,19,20). The average Bonchev–Trinajstić information content (AvgIpc) is 2.93. The normalized spacial score (nSPS) is 28.6. The van der Waals surface area contributed by atoms with E-state index >= 15 is 0 Å². The zero-order valence-corrected chi connectivity index (χ0v) is 13.0. The number of carboxylic acids is 1. The fraction of sp³-hybridized carbons (Fsp3) is 0.867. The van der Waals surface area contributed by atoms with Gasteiger partial charge in [-0.25, -0.2) is 0 Å². The number of amides is 1. The second-order valence-corrected chi connectivity index (χ2v) is 6.17. The van der Waals surface area contributed by atoms with Gasteiger partial charge in [0.05, 0.1) is 24.7 Å². The summed E-state index contributed by atoms with van der Waals surface area (Å²) in [6.45, 7) is 7.51. The second kappa shape index (κ2) is 6.75. The van der Waals surface area contributed by atoms with Crippen LogP contribution in [0, 0.1) is 5.41 Å². The highest BCUT2D eigenvalue weighted by Gasteiger charge is 2.46. The lowest BCUT2D eigenvalue weighted by atomic mass is 9.83. The molecule has 0 aliphatic carbocycles. The van der Waals surface area contributed by atoms with Crippen LogP contribution in [0.2, 0.25) is 0 Å². The van der Waals surface area contributed by atoms with E-state index in [1.807, 2.05) is 23.6 Å². The van der Waals surface area contributed by atoms with E-state index in [1.165, 1.54) is 0 Å². The molecule has 0 radical (unpaired) electrons. The van der Waals surface area contributed by atoms with Crippen molar-refractivity contribution in [1.82, 2.24) is 9.80 Å². The topological polar surface area (TPSA) is 70.1 Å². The molecule has 2 saturated heterocycles. The van der Waals surface area contributed by atoms with Crippen LogP contribution in [0.25, 0.3) is 0 Å². The molecule has 2 atom stereocenters. The van der Waals surface area contributed by atoms with Crippen molar-refractivity contribution in [2.45, 2.75) is 39.2 Å². The molecule has 2 unspecified atom stereocenters. The third-order valence-corrected chi connectivity index (χ3v) is 4.79. The van der Waals surface area contributed by atoms with Crippen LogP contribution in [0.4, 0.5) is 0 Å². The number of ether oxygens (including phenoxy) is 1. The molecule has 1 N–H and O–H groups in total. The molecule has 0 aromatic heterocycles. The number of aliphatic carboxylic acids is 1. The van der Waals surface area contributed by atoms with E-state index in [4.69, 9.17) is 4.74 Å². The maximum absolute atomic E-state index is 12.5. The molecule has 0 spiro atoms. The second-order valence-electron chi connectivity index (χ2n) is 6.17. The van der Waals surface area contributed by atoms with Crippen LogP contribution in [0.5, 0.6) is 0 Å². The summed E-state index contributed by atoms with van der Waals surface area (Å²) in [7, 11) is 0. The molecule has 21 heavy (non-hydrogen) atoms. The lowest BCUT2D eigenvalue weighted by molar-refractivity contribution is -0.149. The van der Waals surface area contributed by atoms with Crippen molar-refractivity contribution in [2.75, 3.05) is 39.4 Å². The van der Waals surface area contributed by atoms with E-state index < -0.39 is 11.4 Å². The SMILES string of the molecule is CCCC1(C(=O)O)CCN(C(C)C(=O)N2CCOCC2)C1. The third kappa shape index (κ3) is 3.37. The maximum Gasteiger partial charge on any atom is 0.310 e. The molecule has 2 aliphatic rings. The van der Waals surface area contributed by atoms with Crippen molar-refractivity contribution in [3.63, 3.8) is 0 Å². The Balaban J connectivity index is 1.99. The number of carbonyl (C=O) groups excluding carboxylic acids is 1. The summed E-state index contributed by atoms with van der Waals surface area (Å²) in [5.74, 6) is -0.631. The van der Waals surface area contributed by atoms with Gasteiger partial charge in [0.15, 0.2) is 0 Å². The summed E-state index contributed by atoms with van der Waals surface area (Å²) in [5, 5.41) is 9.54. The van der Waals surface area contributed by atoms with E-state index in [0.29, 0.717) is 52.2 Å². The maximum atomic E-state index is 12.5. The molecule has 2 aliphatic heterocycles. The van der Waals surface area contributed by atoms with E-state index in [1.54, 1.807) is 0 Å². The first-order valence-electron chi connectivity index (χ1n) is 7.84. The monoisotopic (exact) mass is 298 g/mol. The van der Waals surface area contributed by atoms with Gasteiger partial charge in [-0.3, -0.25) is 14.5 Å². The van der Waals surface area contributed by atoms with Gasteiger partial charge in [0.2, 0.25) is 5.91 Å². The van der Waals surface area contributed by atoms with Crippen LogP contribution in [0.1, 0.15) is 33.1 Å². The quantitative estimate of drug-likeness (QED) is 0.813. The molecule has 2 fully saturated rings. The first-order valence-corrected chi connectivity index (χ1v) is 7.84. The lowest BCUT2D eigenvalue weighted by Gasteiger charge is -2.33. The lowest BCUT2D eigenvalue weighted by Crippen LogP contribution is -2.50. The number of rotatable bonds is 5. The summed E-state index contributed by atoms with van der Waals surface area (Å²) in [5.41, 5.74) is -0.672. The minimum atomic E-state index is -0.724. The predicted molar refractivity (Wildman–Crippen MR) is 78.0 cm³/mol. The van der Waals surface area contributed by atoms with Gasteiger partial charge in [0.25, 0.3) is 0 Å². The number of morpholine rings is 1. The Morgan fingerprint density at radius 3 is 2.52 bits per heavy atom. The highest BCUT2D eigenvalue weighted by molar-refractivity contribution is 5.82. The molecule has 6 heteroatoms. The molecular weight excluding hydrogens is 272 g/mol. The third-order valence-electron chi connectivity index (χ3n) is 4.79. The zero-order chi connectivity index (χ0) is 15.5. The largest absolute Gasteiger partial charge is 0.481 e. The molecule has 2 rings (SSSR count). The summed E-state index contributed by atoms with van der Waals surface area (Å²) in [4.78, 5) is 28.0. The van der Waals surface area contributed by atoms with Crippen LogP contribution in [0.3, 0.4) is 0 Å². The molecular formula is C15H26N2O4. The fourth-order valence-electron chi connectivity index (χ4n) is 3.40. The fourth-order valence-corrected chi connectivity index (χ4v) is 3.40. The first kappa shape index (κ1) is 16.2. The van der Waals surface area contributed by atoms with Gasteiger partial charge >= 0.3 is 5.97 Å². The van der Waals surface area contributed by atoms with Crippen molar-refractivity contribution >= 4 is 11.9 Å². The number of hydrogen-bond acceptors (Lipinski definition) is 4. The molecule has 0 saturated carbocycles. The molecule has 0 aromatic carbocycles. The average molecular weight is 298 g/mol. The summed E-state index contributed by atoms with van der Waals surface area (Å²) < 4.78 is 5.27. The highest BCUT2D eigenvalue weighted by Crippen LogP contribution is 2.36. The van der Waals surface area contributed by atoms with Crippen LogP contribution >= 0.6 is 0 Å². The van der Waals surface area contributed by atoms with Gasteiger partial charge < -0.3 is 14.7 Å². The Morgan fingerprint density at radius 2 is 1.95 bits per heavy atom. The molecule has 0 bridgehead atoms. The Kier molecular flexibility index (Phi) is 5.22. The van der Waals surface area contributed by atoms with Gasteiger partial charge in [-0.1, -0.05) is 13.3 Å². The number of carboxylic acid groups (broad SMARTS) is 1.